The van der Waals surface area contributed by atoms with Crippen LogP contribution in [0.3, 0.4) is 0 Å². The molecule has 8 heavy (non-hydrogen) atoms. The van der Waals surface area contributed by atoms with Crippen LogP contribution in [0, 0.1) is 5.92 Å². The molecule has 0 aliphatic carbocycles. The Balaban J connectivity index is 2.28. The van der Waals surface area contributed by atoms with Crippen molar-refractivity contribution in [2.45, 2.75) is 26.1 Å². The zero-order chi connectivity index (χ0) is 5.98. The van der Waals surface area contributed by atoms with Crippen molar-refractivity contribution >= 4 is 0 Å². The number of aliphatic hydroxyl groups excluding tert-OH is 1. The number of rotatable bonds is 0. The SMILES string of the molecule is CC1CCCO[C@@H]1O. The van der Waals surface area contributed by atoms with E-state index in [1.165, 1.54) is 0 Å². The first-order valence-electron chi connectivity index (χ1n) is 3.10. The summed E-state index contributed by atoms with van der Waals surface area (Å²) in [5.41, 5.74) is 0. The monoisotopic (exact) mass is 116 g/mol. The van der Waals surface area contributed by atoms with Crippen LogP contribution >= 0.6 is 0 Å². The summed E-state index contributed by atoms with van der Waals surface area (Å²) in [7, 11) is 0. The summed E-state index contributed by atoms with van der Waals surface area (Å²) in [5.74, 6) is 0.337. The van der Waals surface area contributed by atoms with Crippen LogP contribution in [0.15, 0.2) is 0 Å². The minimum absolute atomic E-state index is 0.337. The molecule has 2 nitrogen and oxygen atoms in total. The Morgan fingerprint density at radius 1 is 1.62 bits per heavy atom. The van der Waals surface area contributed by atoms with Crippen LogP contribution in [0.1, 0.15) is 19.8 Å². The molecule has 0 aromatic carbocycles. The molecule has 0 aromatic heterocycles. The van der Waals surface area contributed by atoms with Crippen LogP contribution in [0.4, 0.5) is 0 Å². The van der Waals surface area contributed by atoms with Gasteiger partial charge in [-0.3, -0.25) is 0 Å². The van der Waals surface area contributed by atoms with Gasteiger partial charge in [-0.2, -0.15) is 0 Å². The molecule has 1 N–H and O–H groups in total. The van der Waals surface area contributed by atoms with E-state index in [2.05, 4.69) is 0 Å². The maximum Gasteiger partial charge on any atom is 0.157 e. The van der Waals surface area contributed by atoms with Crippen molar-refractivity contribution in [3.63, 3.8) is 0 Å². The standard InChI is InChI=1S/C6H12O2/c1-5-3-2-4-8-6(5)7/h5-7H,2-4H2,1H3/t5?,6-/m0/s1. The summed E-state index contributed by atoms with van der Waals surface area (Å²) < 4.78 is 4.95. The molecule has 1 rings (SSSR count). The van der Waals surface area contributed by atoms with Crippen molar-refractivity contribution in [2.75, 3.05) is 6.61 Å². The van der Waals surface area contributed by atoms with Crippen LogP contribution < -0.4 is 0 Å². The molecule has 1 saturated heterocycles. The maximum absolute atomic E-state index is 8.96. The van der Waals surface area contributed by atoms with Crippen molar-refractivity contribution in [3.05, 3.63) is 0 Å². The molecule has 0 amide bonds. The Morgan fingerprint density at radius 3 is 2.75 bits per heavy atom. The van der Waals surface area contributed by atoms with E-state index in [0.29, 0.717) is 5.92 Å². The van der Waals surface area contributed by atoms with Crippen LogP contribution in [-0.2, 0) is 4.74 Å². The first-order valence-corrected chi connectivity index (χ1v) is 3.10. The van der Waals surface area contributed by atoms with E-state index in [-0.39, 0.29) is 0 Å². The van der Waals surface area contributed by atoms with Gasteiger partial charge in [-0.05, 0) is 12.8 Å². The lowest BCUT2D eigenvalue weighted by Crippen LogP contribution is -2.26. The van der Waals surface area contributed by atoms with E-state index >= 15 is 0 Å². The lowest BCUT2D eigenvalue weighted by atomic mass is 10.0. The van der Waals surface area contributed by atoms with E-state index in [4.69, 9.17) is 9.84 Å². The first kappa shape index (κ1) is 6.05. The second-order valence-electron chi connectivity index (χ2n) is 2.38. The number of aliphatic hydroxyl groups is 1. The fourth-order valence-corrected chi connectivity index (χ4v) is 0.916. The lowest BCUT2D eigenvalue weighted by Gasteiger charge is -2.23. The van der Waals surface area contributed by atoms with E-state index in [9.17, 15) is 0 Å². The molecule has 2 heteroatoms. The van der Waals surface area contributed by atoms with Gasteiger partial charge in [0, 0.05) is 12.5 Å². The highest BCUT2D eigenvalue weighted by Crippen LogP contribution is 2.17. The third-order valence-corrected chi connectivity index (χ3v) is 1.58. The van der Waals surface area contributed by atoms with E-state index < -0.39 is 6.29 Å². The van der Waals surface area contributed by atoms with E-state index in [1.807, 2.05) is 6.92 Å². The van der Waals surface area contributed by atoms with Crippen molar-refractivity contribution in [2.24, 2.45) is 5.92 Å². The van der Waals surface area contributed by atoms with Gasteiger partial charge in [-0.15, -0.1) is 0 Å². The third-order valence-electron chi connectivity index (χ3n) is 1.58. The molecule has 0 bridgehead atoms. The molecular weight excluding hydrogens is 104 g/mol. The van der Waals surface area contributed by atoms with Gasteiger partial charge in [-0.1, -0.05) is 6.92 Å². The van der Waals surface area contributed by atoms with Gasteiger partial charge < -0.3 is 9.84 Å². The van der Waals surface area contributed by atoms with Gasteiger partial charge in [-0.25, -0.2) is 0 Å². The van der Waals surface area contributed by atoms with Crippen molar-refractivity contribution < 1.29 is 9.84 Å². The molecule has 1 heterocycles. The molecule has 0 spiro atoms. The number of ether oxygens (including phenoxy) is 1. The van der Waals surface area contributed by atoms with Gasteiger partial charge in [0.05, 0.1) is 0 Å². The van der Waals surface area contributed by atoms with Crippen molar-refractivity contribution in [1.29, 1.82) is 0 Å². The molecule has 0 saturated carbocycles. The summed E-state index contributed by atoms with van der Waals surface area (Å²) in [6.45, 7) is 2.73. The van der Waals surface area contributed by atoms with Crippen molar-refractivity contribution in [3.8, 4) is 0 Å². The Morgan fingerprint density at radius 2 is 2.38 bits per heavy atom. The van der Waals surface area contributed by atoms with E-state index in [0.717, 1.165) is 19.4 Å². The maximum atomic E-state index is 8.96. The zero-order valence-corrected chi connectivity index (χ0v) is 5.13. The Labute approximate surface area is 49.5 Å². The third kappa shape index (κ3) is 1.20. The molecule has 1 unspecified atom stereocenters. The number of hydrogen-bond donors (Lipinski definition) is 1. The molecule has 48 valence electrons. The molecule has 0 aromatic rings. The Kier molecular flexibility index (Phi) is 1.86. The smallest absolute Gasteiger partial charge is 0.157 e. The average Bonchev–Trinajstić information content (AvgIpc) is 1.77. The zero-order valence-electron chi connectivity index (χ0n) is 5.13. The highest BCUT2D eigenvalue weighted by Gasteiger charge is 2.18. The minimum atomic E-state index is -0.497. The lowest BCUT2D eigenvalue weighted by molar-refractivity contribution is -0.153. The second kappa shape index (κ2) is 2.46. The van der Waals surface area contributed by atoms with E-state index in [1.54, 1.807) is 0 Å². The molecule has 1 fully saturated rings. The molecule has 1 aliphatic rings. The van der Waals surface area contributed by atoms with Gasteiger partial charge >= 0.3 is 0 Å². The normalized spacial score (nSPS) is 39.8. The number of hydrogen-bond acceptors (Lipinski definition) is 2. The Bertz CT molecular complexity index is 62.9. The predicted octanol–water partition coefficient (Wildman–Crippen LogP) is 0.751. The topological polar surface area (TPSA) is 29.5 Å². The minimum Gasteiger partial charge on any atom is -0.368 e. The summed E-state index contributed by atoms with van der Waals surface area (Å²) in [5, 5.41) is 8.96. The second-order valence-corrected chi connectivity index (χ2v) is 2.38. The quantitative estimate of drug-likeness (QED) is 0.506. The average molecular weight is 116 g/mol. The predicted molar refractivity (Wildman–Crippen MR) is 30.4 cm³/mol. The molecular formula is C6H12O2. The molecule has 1 aliphatic heterocycles. The van der Waals surface area contributed by atoms with Gasteiger partial charge in [0.15, 0.2) is 6.29 Å². The first-order chi connectivity index (χ1) is 3.80. The van der Waals surface area contributed by atoms with Crippen LogP contribution in [-0.4, -0.2) is 18.0 Å². The largest absolute Gasteiger partial charge is 0.368 e. The highest BCUT2D eigenvalue weighted by atomic mass is 16.6. The van der Waals surface area contributed by atoms with Gasteiger partial charge in [0.1, 0.15) is 0 Å². The van der Waals surface area contributed by atoms with Crippen molar-refractivity contribution in [1.82, 2.24) is 0 Å². The molecule has 2 atom stereocenters. The summed E-state index contributed by atoms with van der Waals surface area (Å²) >= 11 is 0. The van der Waals surface area contributed by atoms with Gasteiger partial charge in [0.2, 0.25) is 0 Å². The van der Waals surface area contributed by atoms with Crippen LogP contribution in [0.5, 0.6) is 0 Å². The van der Waals surface area contributed by atoms with Crippen LogP contribution in [0.2, 0.25) is 0 Å². The summed E-state index contributed by atoms with van der Waals surface area (Å²) in [6, 6.07) is 0. The fraction of sp³-hybridized carbons (Fsp3) is 1.00. The van der Waals surface area contributed by atoms with Gasteiger partial charge in [0.25, 0.3) is 0 Å². The summed E-state index contributed by atoms with van der Waals surface area (Å²) in [6.07, 6.45) is 1.70. The Hall–Kier alpha value is -0.0800. The summed E-state index contributed by atoms with van der Waals surface area (Å²) in [4.78, 5) is 0. The molecule has 0 radical (unpaired) electrons. The fourth-order valence-electron chi connectivity index (χ4n) is 0.916. The highest BCUT2D eigenvalue weighted by molar-refractivity contribution is 4.60. The van der Waals surface area contributed by atoms with Crippen LogP contribution in [0.25, 0.3) is 0 Å².